The summed E-state index contributed by atoms with van der Waals surface area (Å²) in [6.07, 6.45) is 3.78. The molecule has 0 aliphatic carbocycles. The van der Waals surface area contributed by atoms with Crippen LogP contribution in [0.15, 0.2) is 48.6 Å². The molecule has 1 aromatic heterocycles. The molecule has 3 aromatic rings. The molecule has 2 atom stereocenters. The van der Waals surface area contributed by atoms with E-state index in [0.717, 1.165) is 0 Å². The first-order valence-corrected chi connectivity index (χ1v) is 13.8. The van der Waals surface area contributed by atoms with Crippen LogP contribution in [0.25, 0.3) is 11.3 Å². The van der Waals surface area contributed by atoms with E-state index < -0.39 is 30.0 Å². The second kappa shape index (κ2) is 12.3. The van der Waals surface area contributed by atoms with Crippen molar-refractivity contribution in [3.8, 4) is 11.3 Å². The van der Waals surface area contributed by atoms with Crippen molar-refractivity contribution in [3.63, 3.8) is 0 Å². The number of nitrogens with zero attached hydrogens (tertiary/aromatic N) is 2. The van der Waals surface area contributed by atoms with Gasteiger partial charge in [-0.05, 0) is 42.7 Å². The van der Waals surface area contributed by atoms with Crippen molar-refractivity contribution in [3.05, 3.63) is 81.5 Å². The summed E-state index contributed by atoms with van der Waals surface area (Å²) in [5, 5.41) is 3.47. The minimum atomic E-state index is -0.776. The summed E-state index contributed by atoms with van der Waals surface area (Å²) in [7, 11) is 1.31. The lowest BCUT2D eigenvalue weighted by Gasteiger charge is -2.36. The summed E-state index contributed by atoms with van der Waals surface area (Å²) in [5.74, 6) is -0.700. The second-order valence-corrected chi connectivity index (χ2v) is 10.6. The first-order chi connectivity index (χ1) is 19.7. The second-order valence-electron chi connectivity index (χ2n) is 9.75. The third kappa shape index (κ3) is 6.39. The molecule has 2 bridgehead atoms. The topological polar surface area (TPSA) is 114 Å². The number of cyclic esters (lactones) is 1. The van der Waals surface area contributed by atoms with E-state index in [1.807, 2.05) is 12.2 Å². The van der Waals surface area contributed by atoms with Gasteiger partial charge >= 0.3 is 12.1 Å². The predicted molar refractivity (Wildman–Crippen MR) is 151 cm³/mol. The van der Waals surface area contributed by atoms with Gasteiger partial charge in [0.1, 0.15) is 28.6 Å². The van der Waals surface area contributed by atoms with Gasteiger partial charge in [0.2, 0.25) is 5.91 Å². The highest BCUT2D eigenvalue weighted by Gasteiger charge is 2.36. The van der Waals surface area contributed by atoms with Crippen molar-refractivity contribution < 1.29 is 28.2 Å². The summed E-state index contributed by atoms with van der Waals surface area (Å²) in [5.41, 5.74) is 2.23. The van der Waals surface area contributed by atoms with Crippen molar-refractivity contribution in [2.75, 3.05) is 19.0 Å². The normalized spacial score (nSPS) is 20.0. The first kappa shape index (κ1) is 28.6. The molecule has 214 valence electrons. The zero-order chi connectivity index (χ0) is 29.1. The number of halogens is 3. The molecule has 2 aromatic carbocycles. The minimum absolute atomic E-state index is 0.0289. The van der Waals surface area contributed by atoms with Crippen LogP contribution >= 0.6 is 23.2 Å². The molecular weight excluding hydrogens is 574 g/mol. The van der Waals surface area contributed by atoms with Crippen LogP contribution in [0.3, 0.4) is 0 Å². The van der Waals surface area contributed by atoms with E-state index in [1.165, 1.54) is 30.2 Å². The van der Waals surface area contributed by atoms with Gasteiger partial charge in [-0.1, -0.05) is 47.5 Å². The fourth-order valence-electron chi connectivity index (χ4n) is 4.97. The fraction of sp³-hybridized carbons (Fsp3) is 0.310. The van der Waals surface area contributed by atoms with Crippen LogP contribution in [0.5, 0.6) is 0 Å². The number of hydrogen-bond donors (Lipinski definition) is 2. The number of fused-ring (bicyclic) bond motifs is 4. The van der Waals surface area contributed by atoms with Crippen LogP contribution in [-0.4, -0.2) is 46.5 Å². The fourth-order valence-corrected chi connectivity index (χ4v) is 5.39. The maximum Gasteiger partial charge on any atom is 0.411 e. The highest BCUT2D eigenvalue weighted by molar-refractivity contribution is 6.32. The average Bonchev–Trinajstić information content (AvgIpc) is 3.33. The summed E-state index contributed by atoms with van der Waals surface area (Å²) < 4.78 is 24.9. The van der Waals surface area contributed by atoms with Gasteiger partial charge in [0.05, 0.1) is 25.3 Å². The van der Waals surface area contributed by atoms with Gasteiger partial charge in [-0.3, -0.25) is 14.5 Å². The van der Waals surface area contributed by atoms with Gasteiger partial charge in [0, 0.05) is 35.5 Å². The zero-order valence-electron chi connectivity index (χ0n) is 22.1. The summed E-state index contributed by atoms with van der Waals surface area (Å²) >= 11 is 12.7. The monoisotopic (exact) mass is 600 g/mol. The Labute approximate surface area is 245 Å². The highest BCUT2D eigenvalue weighted by Crippen LogP contribution is 2.38. The van der Waals surface area contributed by atoms with Crippen molar-refractivity contribution in [2.45, 2.75) is 44.2 Å². The molecule has 1 unspecified atom stereocenters. The lowest BCUT2D eigenvalue weighted by atomic mass is 10.0. The molecule has 5 rings (SSSR count). The van der Waals surface area contributed by atoms with E-state index >= 15 is 0 Å². The van der Waals surface area contributed by atoms with E-state index in [-0.39, 0.29) is 36.0 Å². The van der Waals surface area contributed by atoms with Crippen LogP contribution in [0.4, 0.5) is 14.9 Å². The number of aromatic nitrogens is 2. The van der Waals surface area contributed by atoms with Gasteiger partial charge in [0.25, 0.3) is 0 Å². The third-order valence-corrected chi connectivity index (χ3v) is 7.55. The average molecular weight is 601 g/mol. The number of imidazole rings is 1. The number of H-pyrrole nitrogens is 1. The Morgan fingerprint density at radius 2 is 2.02 bits per heavy atom. The van der Waals surface area contributed by atoms with Gasteiger partial charge in [-0.25, -0.2) is 14.2 Å². The number of benzene rings is 2. The molecule has 3 heterocycles. The summed E-state index contributed by atoms with van der Waals surface area (Å²) in [6, 6.07) is 8.75. The molecule has 2 N–H and O–H groups in total. The van der Waals surface area contributed by atoms with Crippen LogP contribution in [0.2, 0.25) is 10.2 Å². The van der Waals surface area contributed by atoms with Crippen LogP contribution in [-0.2, 0) is 25.5 Å². The molecule has 1 saturated heterocycles. The maximum atomic E-state index is 14.5. The number of allylic oxidation sites excluding steroid dienone is 1. The Hall–Kier alpha value is -3.89. The molecule has 41 heavy (non-hydrogen) atoms. The highest BCUT2D eigenvalue weighted by atomic mass is 35.5. The van der Waals surface area contributed by atoms with E-state index in [0.29, 0.717) is 52.6 Å². The molecule has 0 radical (unpaired) electrons. The van der Waals surface area contributed by atoms with Gasteiger partial charge in [-0.2, -0.15) is 0 Å². The van der Waals surface area contributed by atoms with Crippen LogP contribution in [0.1, 0.15) is 54.8 Å². The Morgan fingerprint density at radius 1 is 1.20 bits per heavy atom. The molecule has 0 spiro atoms. The number of methoxy groups -OCH3 is 1. The number of anilines is 1. The largest absolute Gasteiger partial charge is 0.469 e. The van der Waals surface area contributed by atoms with E-state index in [9.17, 15) is 18.8 Å². The lowest BCUT2D eigenvalue weighted by Crippen LogP contribution is -2.42. The minimum Gasteiger partial charge on any atom is -0.469 e. The van der Waals surface area contributed by atoms with Gasteiger partial charge < -0.3 is 19.8 Å². The molecule has 1 fully saturated rings. The standard InChI is InChI=1S/C29H27Cl2FN4O5/c1-40-25(38)14-16-7-9-18-21(13-16)33-24(37)6-4-2-3-5-22(28-34-26(18)27(31)35-28)36-12-11-23(41-29(36)39)19-15-17(30)8-10-20(19)32/h2-3,7-10,13,15,22-23H,4-6,11-12,14H2,1H3,(H,33,37)(H,34,35)/b3-2+/t22-,23?/m0/s1. The summed E-state index contributed by atoms with van der Waals surface area (Å²) in [4.78, 5) is 47.2. The zero-order valence-corrected chi connectivity index (χ0v) is 23.6. The Balaban J connectivity index is 1.47. The van der Waals surface area contributed by atoms with Crippen LogP contribution < -0.4 is 5.32 Å². The quantitative estimate of drug-likeness (QED) is 0.259. The molecule has 2 aliphatic rings. The molecular formula is C29H27Cl2FN4O5. The Bertz CT molecular complexity index is 1520. The third-order valence-electron chi connectivity index (χ3n) is 7.04. The van der Waals surface area contributed by atoms with Crippen molar-refractivity contribution in [2.24, 2.45) is 0 Å². The number of esters is 1. The van der Waals surface area contributed by atoms with Crippen LogP contribution in [0, 0.1) is 5.82 Å². The number of carbonyl (C=O) groups is 3. The summed E-state index contributed by atoms with van der Waals surface area (Å²) in [6.45, 7) is 0.273. The first-order valence-electron chi connectivity index (χ1n) is 13.1. The van der Waals surface area contributed by atoms with Gasteiger partial charge in [-0.15, -0.1) is 0 Å². The molecule has 0 saturated carbocycles. The SMILES string of the molecule is COC(=O)Cc1ccc2c(c1)NC(=O)CC/C=C/C[C@H](N1CCC(c3cc(Cl)ccc3F)OC1=O)c1nc-2c(Cl)[nH]1. The number of ether oxygens (including phenoxy) is 2. The van der Waals surface area contributed by atoms with Crippen molar-refractivity contribution >= 4 is 46.9 Å². The maximum absolute atomic E-state index is 14.5. The number of amides is 2. The Morgan fingerprint density at radius 3 is 2.80 bits per heavy atom. The van der Waals surface area contributed by atoms with E-state index in [1.54, 1.807) is 18.2 Å². The number of aromatic amines is 1. The number of hydrogen-bond acceptors (Lipinski definition) is 6. The molecule has 12 heteroatoms. The Kier molecular flexibility index (Phi) is 8.60. The smallest absolute Gasteiger partial charge is 0.411 e. The van der Waals surface area contributed by atoms with Crippen molar-refractivity contribution in [1.29, 1.82) is 0 Å². The van der Waals surface area contributed by atoms with Gasteiger partial charge in [0.15, 0.2) is 0 Å². The predicted octanol–water partition coefficient (Wildman–Crippen LogP) is 6.54. The van der Waals surface area contributed by atoms with E-state index in [2.05, 4.69) is 10.3 Å². The van der Waals surface area contributed by atoms with Crippen molar-refractivity contribution in [1.82, 2.24) is 14.9 Å². The molecule has 2 aliphatic heterocycles. The number of nitrogens with one attached hydrogen (secondary N) is 2. The van der Waals surface area contributed by atoms with E-state index in [4.69, 9.17) is 37.7 Å². The number of rotatable bonds is 4. The number of carbonyl (C=O) groups excluding carboxylic acids is 3. The molecule has 9 nitrogen and oxygen atoms in total. The lowest BCUT2D eigenvalue weighted by molar-refractivity contribution is -0.139. The molecule has 2 amide bonds.